The summed E-state index contributed by atoms with van der Waals surface area (Å²) >= 11 is 1.61. The molecule has 2 rings (SSSR count). The summed E-state index contributed by atoms with van der Waals surface area (Å²) in [7, 11) is 1.83. The highest BCUT2D eigenvalue weighted by Gasteiger charge is 2.23. The van der Waals surface area contributed by atoms with Crippen molar-refractivity contribution < 1.29 is 4.79 Å². The number of thioether (sulfide) groups is 1. The number of carbonyl (C=O) groups excluding carboxylic acids is 1. The SMILES string of the molecule is CCN(C(=O)CCCSc1nnnn1C)C1CCCCC1. The number of tetrazole rings is 1. The standard InChI is InChI=1S/C14H25N5OS/c1-3-19(12-8-5-4-6-9-12)13(20)10-7-11-21-14-15-16-17-18(14)2/h12H,3-11H2,1-2H3. The topological polar surface area (TPSA) is 63.9 Å². The van der Waals surface area contributed by atoms with Crippen molar-refractivity contribution in [2.24, 2.45) is 7.05 Å². The van der Waals surface area contributed by atoms with E-state index in [1.54, 1.807) is 16.4 Å². The van der Waals surface area contributed by atoms with Crippen molar-refractivity contribution in [3.63, 3.8) is 0 Å². The molecule has 118 valence electrons. The maximum Gasteiger partial charge on any atom is 0.222 e. The lowest BCUT2D eigenvalue weighted by molar-refractivity contribution is -0.133. The number of nitrogens with zero attached hydrogens (tertiary/aromatic N) is 5. The maximum atomic E-state index is 12.4. The van der Waals surface area contributed by atoms with E-state index in [-0.39, 0.29) is 0 Å². The Kier molecular flexibility index (Phi) is 6.48. The number of rotatable bonds is 7. The maximum absolute atomic E-state index is 12.4. The lowest BCUT2D eigenvalue weighted by Gasteiger charge is -2.33. The van der Waals surface area contributed by atoms with Gasteiger partial charge in [0.25, 0.3) is 0 Å². The first-order valence-corrected chi connectivity index (χ1v) is 8.85. The predicted molar refractivity (Wildman–Crippen MR) is 83.0 cm³/mol. The van der Waals surface area contributed by atoms with Crippen LogP contribution < -0.4 is 0 Å². The quantitative estimate of drug-likeness (QED) is 0.571. The fourth-order valence-corrected chi connectivity index (χ4v) is 3.69. The van der Waals surface area contributed by atoms with Crippen molar-refractivity contribution in [3.8, 4) is 0 Å². The molecule has 1 aromatic rings. The zero-order chi connectivity index (χ0) is 15.1. The first-order valence-electron chi connectivity index (χ1n) is 7.87. The Balaban J connectivity index is 1.71. The van der Waals surface area contributed by atoms with Gasteiger partial charge in [0.15, 0.2) is 0 Å². The molecule has 1 aliphatic carbocycles. The van der Waals surface area contributed by atoms with E-state index in [1.807, 2.05) is 7.05 Å². The molecular formula is C14H25N5OS. The highest BCUT2D eigenvalue weighted by Crippen LogP contribution is 2.23. The van der Waals surface area contributed by atoms with Crippen LogP contribution in [0.4, 0.5) is 0 Å². The van der Waals surface area contributed by atoms with Crippen molar-refractivity contribution in [2.75, 3.05) is 12.3 Å². The molecule has 1 saturated carbocycles. The smallest absolute Gasteiger partial charge is 0.222 e. The van der Waals surface area contributed by atoms with Crippen LogP contribution in [-0.4, -0.2) is 49.4 Å². The molecule has 7 heteroatoms. The summed E-state index contributed by atoms with van der Waals surface area (Å²) in [5.41, 5.74) is 0. The molecule has 0 atom stereocenters. The molecule has 0 spiro atoms. The summed E-state index contributed by atoms with van der Waals surface area (Å²) in [5.74, 6) is 1.18. The van der Waals surface area contributed by atoms with Gasteiger partial charge < -0.3 is 4.90 Å². The number of hydrogen-bond acceptors (Lipinski definition) is 5. The van der Waals surface area contributed by atoms with Gasteiger partial charge in [0, 0.05) is 31.8 Å². The summed E-state index contributed by atoms with van der Waals surface area (Å²) < 4.78 is 1.66. The second kappa shape index (κ2) is 8.36. The van der Waals surface area contributed by atoms with E-state index < -0.39 is 0 Å². The molecule has 1 fully saturated rings. The van der Waals surface area contributed by atoms with Crippen molar-refractivity contribution in [2.45, 2.75) is 63.1 Å². The molecule has 0 bridgehead atoms. The molecule has 1 heterocycles. The molecule has 0 saturated heterocycles. The third-order valence-electron chi connectivity index (χ3n) is 4.02. The first-order chi connectivity index (χ1) is 10.2. The van der Waals surface area contributed by atoms with Gasteiger partial charge in [-0.1, -0.05) is 31.0 Å². The van der Waals surface area contributed by atoms with E-state index in [2.05, 4.69) is 27.3 Å². The van der Waals surface area contributed by atoms with Crippen molar-refractivity contribution in [3.05, 3.63) is 0 Å². The van der Waals surface area contributed by atoms with Gasteiger partial charge in [-0.05, 0) is 36.6 Å². The van der Waals surface area contributed by atoms with E-state index in [4.69, 9.17) is 0 Å². The fourth-order valence-electron chi connectivity index (χ4n) is 2.90. The van der Waals surface area contributed by atoms with Gasteiger partial charge in [-0.2, -0.15) is 0 Å². The predicted octanol–water partition coefficient (Wildman–Crippen LogP) is 2.26. The number of aromatic nitrogens is 4. The van der Waals surface area contributed by atoms with Crippen LogP contribution >= 0.6 is 11.8 Å². The fraction of sp³-hybridized carbons (Fsp3) is 0.857. The normalized spacial score (nSPS) is 16.1. The van der Waals surface area contributed by atoms with E-state index in [0.717, 1.165) is 23.9 Å². The minimum Gasteiger partial charge on any atom is -0.340 e. The molecule has 0 radical (unpaired) electrons. The summed E-state index contributed by atoms with van der Waals surface area (Å²) in [5, 5.41) is 12.1. The Morgan fingerprint density at radius 3 is 2.76 bits per heavy atom. The van der Waals surface area contributed by atoms with Gasteiger partial charge >= 0.3 is 0 Å². The summed E-state index contributed by atoms with van der Waals surface area (Å²) in [6.07, 6.45) is 7.72. The molecule has 1 amide bonds. The van der Waals surface area contributed by atoms with Crippen LogP contribution in [0.25, 0.3) is 0 Å². The number of carbonyl (C=O) groups is 1. The Morgan fingerprint density at radius 2 is 2.14 bits per heavy atom. The Hall–Kier alpha value is -1.11. The van der Waals surface area contributed by atoms with Crippen LogP contribution in [0.5, 0.6) is 0 Å². The number of hydrogen-bond donors (Lipinski definition) is 0. The van der Waals surface area contributed by atoms with Crippen LogP contribution in [-0.2, 0) is 11.8 Å². The monoisotopic (exact) mass is 311 g/mol. The van der Waals surface area contributed by atoms with Gasteiger partial charge in [0.05, 0.1) is 0 Å². The average Bonchev–Trinajstić information content (AvgIpc) is 2.91. The lowest BCUT2D eigenvalue weighted by Crippen LogP contribution is -2.41. The van der Waals surface area contributed by atoms with E-state index >= 15 is 0 Å². The van der Waals surface area contributed by atoms with Crippen LogP contribution in [0.15, 0.2) is 5.16 Å². The molecule has 0 aliphatic heterocycles. The molecule has 0 N–H and O–H groups in total. The second-order valence-electron chi connectivity index (χ2n) is 5.51. The molecule has 6 nitrogen and oxygen atoms in total. The number of aryl methyl sites for hydroxylation is 1. The molecule has 1 aliphatic rings. The lowest BCUT2D eigenvalue weighted by atomic mass is 9.94. The van der Waals surface area contributed by atoms with Crippen LogP contribution in [0.2, 0.25) is 0 Å². The highest BCUT2D eigenvalue weighted by atomic mass is 32.2. The molecular weight excluding hydrogens is 286 g/mol. The van der Waals surface area contributed by atoms with Crippen LogP contribution in [0.3, 0.4) is 0 Å². The zero-order valence-electron chi connectivity index (χ0n) is 13.0. The Labute approximate surface area is 130 Å². The summed E-state index contributed by atoms with van der Waals surface area (Å²) in [6, 6.07) is 0.479. The minimum absolute atomic E-state index is 0.307. The third-order valence-corrected chi connectivity index (χ3v) is 5.12. The van der Waals surface area contributed by atoms with E-state index in [0.29, 0.717) is 18.4 Å². The molecule has 1 aromatic heterocycles. The summed E-state index contributed by atoms with van der Waals surface area (Å²) in [6.45, 7) is 2.93. The van der Waals surface area contributed by atoms with Crippen molar-refractivity contribution in [1.82, 2.24) is 25.1 Å². The van der Waals surface area contributed by atoms with E-state index in [1.165, 1.54) is 32.1 Å². The molecule has 0 unspecified atom stereocenters. The largest absolute Gasteiger partial charge is 0.340 e. The van der Waals surface area contributed by atoms with Crippen LogP contribution in [0, 0.1) is 0 Å². The van der Waals surface area contributed by atoms with Gasteiger partial charge in [0.2, 0.25) is 11.1 Å². The van der Waals surface area contributed by atoms with Gasteiger partial charge in [0.1, 0.15) is 0 Å². The number of amides is 1. The third kappa shape index (κ3) is 4.69. The average molecular weight is 311 g/mol. The van der Waals surface area contributed by atoms with E-state index in [9.17, 15) is 4.79 Å². The van der Waals surface area contributed by atoms with Gasteiger partial charge in [-0.25, -0.2) is 4.68 Å². The van der Waals surface area contributed by atoms with Crippen molar-refractivity contribution >= 4 is 17.7 Å². The second-order valence-corrected chi connectivity index (χ2v) is 6.57. The summed E-state index contributed by atoms with van der Waals surface area (Å²) in [4.78, 5) is 14.5. The first kappa shape index (κ1) is 16.3. The van der Waals surface area contributed by atoms with Gasteiger partial charge in [-0.3, -0.25) is 4.79 Å². The Bertz CT molecular complexity index is 444. The van der Waals surface area contributed by atoms with Crippen LogP contribution in [0.1, 0.15) is 51.9 Å². The molecule has 21 heavy (non-hydrogen) atoms. The van der Waals surface area contributed by atoms with Crippen molar-refractivity contribution in [1.29, 1.82) is 0 Å². The zero-order valence-corrected chi connectivity index (χ0v) is 13.8. The highest BCUT2D eigenvalue weighted by molar-refractivity contribution is 7.99. The minimum atomic E-state index is 0.307. The Morgan fingerprint density at radius 1 is 1.38 bits per heavy atom. The molecule has 0 aromatic carbocycles. The van der Waals surface area contributed by atoms with Gasteiger partial charge in [-0.15, -0.1) is 5.10 Å².